The molecule has 0 saturated carbocycles. The maximum Gasteiger partial charge on any atom is 0.335 e. The lowest BCUT2D eigenvalue weighted by atomic mass is 9.93. The van der Waals surface area contributed by atoms with Crippen molar-refractivity contribution >= 4 is 23.3 Å². The fourth-order valence-electron chi connectivity index (χ4n) is 3.47. The second-order valence-corrected chi connectivity index (χ2v) is 6.70. The van der Waals surface area contributed by atoms with Crippen LogP contribution in [0.3, 0.4) is 0 Å². The molecule has 0 saturated heterocycles. The van der Waals surface area contributed by atoms with Gasteiger partial charge >= 0.3 is 5.97 Å². The van der Waals surface area contributed by atoms with Gasteiger partial charge in [0.05, 0.1) is 18.4 Å². The van der Waals surface area contributed by atoms with Crippen LogP contribution in [-0.4, -0.2) is 30.5 Å². The summed E-state index contributed by atoms with van der Waals surface area (Å²) in [5, 5.41) is 17.7. The molecular formula is C23H19NO4. The topological polar surface area (TPSA) is 79.6 Å². The van der Waals surface area contributed by atoms with Crippen molar-refractivity contribution in [2.75, 3.05) is 13.7 Å². The average Bonchev–Trinajstić information content (AvgIpc) is 3.09. The summed E-state index contributed by atoms with van der Waals surface area (Å²) in [6.45, 7) is 2.38. The molecule has 0 fully saturated rings. The third-order valence-corrected chi connectivity index (χ3v) is 5.03. The van der Waals surface area contributed by atoms with Crippen molar-refractivity contribution in [1.82, 2.24) is 0 Å². The number of hydrogen-bond donors (Lipinski definition) is 2. The van der Waals surface area contributed by atoms with Crippen molar-refractivity contribution in [3.8, 4) is 11.5 Å². The zero-order valence-electron chi connectivity index (χ0n) is 15.6. The summed E-state index contributed by atoms with van der Waals surface area (Å²) < 4.78 is 11.4. The SMILES string of the molecule is COc1ccc(C)c2c1OCC(C1=CC=C(c3ccc(C(=O)O)cc3)C1=N)=C2. The van der Waals surface area contributed by atoms with Gasteiger partial charge in [-0.3, -0.25) is 5.41 Å². The van der Waals surface area contributed by atoms with Gasteiger partial charge in [0.1, 0.15) is 6.61 Å². The number of hydrogen-bond acceptors (Lipinski definition) is 4. The third-order valence-electron chi connectivity index (χ3n) is 5.03. The summed E-state index contributed by atoms with van der Waals surface area (Å²) in [7, 11) is 1.62. The first-order chi connectivity index (χ1) is 13.5. The minimum absolute atomic E-state index is 0.228. The van der Waals surface area contributed by atoms with Gasteiger partial charge in [-0.05, 0) is 47.9 Å². The second-order valence-electron chi connectivity index (χ2n) is 6.70. The number of nitrogens with one attached hydrogen (secondary N) is 1. The van der Waals surface area contributed by atoms with Crippen molar-refractivity contribution in [3.63, 3.8) is 0 Å². The van der Waals surface area contributed by atoms with E-state index in [1.165, 1.54) is 0 Å². The van der Waals surface area contributed by atoms with E-state index >= 15 is 0 Å². The zero-order chi connectivity index (χ0) is 19.8. The molecule has 1 aliphatic heterocycles. The van der Waals surface area contributed by atoms with Crippen molar-refractivity contribution in [2.45, 2.75) is 6.92 Å². The van der Waals surface area contributed by atoms with Crippen LogP contribution in [-0.2, 0) is 0 Å². The van der Waals surface area contributed by atoms with Crippen LogP contribution in [0.5, 0.6) is 11.5 Å². The molecule has 4 rings (SSSR count). The van der Waals surface area contributed by atoms with E-state index in [4.69, 9.17) is 20.0 Å². The van der Waals surface area contributed by atoms with E-state index in [1.54, 1.807) is 31.4 Å². The van der Waals surface area contributed by atoms with Gasteiger partial charge in [-0.2, -0.15) is 0 Å². The first kappa shape index (κ1) is 17.8. The molecule has 0 spiro atoms. The van der Waals surface area contributed by atoms with E-state index in [2.05, 4.69) is 6.08 Å². The van der Waals surface area contributed by atoms with Crippen LogP contribution in [0.2, 0.25) is 0 Å². The predicted octanol–water partition coefficient (Wildman–Crippen LogP) is 4.52. The van der Waals surface area contributed by atoms with E-state index in [-0.39, 0.29) is 5.56 Å². The first-order valence-corrected chi connectivity index (χ1v) is 8.86. The van der Waals surface area contributed by atoms with Crippen molar-refractivity contribution < 1.29 is 19.4 Å². The number of aryl methyl sites for hydroxylation is 1. The maximum atomic E-state index is 11.0. The number of carbonyl (C=O) groups is 1. The molecule has 5 nitrogen and oxygen atoms in total. The van der Waals surface area contributed by atoms with E-state index in [1.807, 2.05) is 31.2 Å². The summed E-state index contributed by atoms with van der Waals surface area (Å²) in [6, 6.07) is 10.5. The molecule has 0 atom stereocenters. The van der Waals surface area contributed by atoms with Gasteiger partial charge in [0, 0.05) is 16.7 Å². The van der Waals surface area contributed by atoms with Gasteiger partial charge in [0.15, 0.2) is 11.5 Å². The van der Waals surface area contributed by atoms with Crippen LogP contribution in [0.1, 0.15) is 27.0 Å². The first-order valence-electron chi connectivity index (χ1n) is 8.86. The average molecular weight is 373 g/mol. The smallest absolute Gasteiger partial charge is 0.335 e. The molecule has 0 unspecified atom stereocenters. The molecule has 140 valence electrons. The van der Waals surface area contributed by atoms with E-state index in [9.17, 15) is 4.79 Å². The number of aromatic carboxylic acids is 1. The van der Waals surface area contributed by atoms with Crippen LogP contribution in [0.15, 0.2) is 59.7 Å². The molecule has 0 radical (unpaired) electrons. The fourth-order valence-corrected chi connectivity index (χ4v) is 3.47. The Hall–Kier alpha value is -3.60. The Morgan fingerprint density at radius 1 is 1.11 bits per heavy atom. The predicted molar refractivity (Wildman–Crippen MR) is 108 cm³/mol. The number of carboxylic acid groups (broad SMARTS) is 1. The molecule has 2 aromatic rings. The van der Waals surface area contributed by atoms with Crippen molar-refractivity contribution in [1.29, 1.82) is 5.41 Å². The Morgan fingerprint density at radius 3 is 2.50 bits per heavy atom. The van der Waals surface area contributed by atoms with Crippen molar-refractivity contribution in [2.24, 2.45) is 0 Å². The number of benzene rings is 2. The van der Waals surface area contributed by atoms with Gasteiger partial charge in [-0.25, -0.2) is 4.79 Å². The normalized spacial score (nSPS) is 15.2. The highest BCUT2D eigenvalue weighted by atomic mass is 16.5. The van der Waals surface area contributed by atoms with E-state index < -0.39 is 5.97 Å². The highest BCUT2D eigenvalue weighted by Crippen LogP contribution is 2.40. The van der Waals surface area contributed by atoms with Crippen LogP contribution in [0, 0.1) is 12.3 Å². The third kappa shape index (κ3) is 2.91. The summed E-state index contributed by atoms with van der Waals surface area (Å²) in [6.07, 6.45) is 5.86. The van der Waals surface area contributed by atoms with Gasteiger partial charge in [-0.1, -0.05) is 30.4 Å². The lowest BCUT2D eigenvalue weighted by Crippen LogP contribution is -2.14. The molecule has 5 heteroatoms. The molecule has 2 N–H and O–H groups in total. The van der Waals surface area contributed by atoms with Gasteiger partial charge in [0.25, 0.3) is 0 Å². The molecule has 0 amide bonds. The Labute approximate surface area is 162 Å². The quantitative estimate of drug-likeness (QED) is 0.826. The standard InChI is InChI=1S/C23H19NO4/c1-13-3-10-20(27-2)22-19(13)11-16(12-28-22)18-9-8-17(21(18)24)14-4-6-15(7-5-14)23(25)26/h3-11,24H,12H2,1-2H3,(H,25,26). The number of ether oxygens (including phenoxy) is 2. The van der Waals surface area contributed by atoms with Crippen LogP contribution >= 0.6 is 0 Å². The number of methoxy groups -OCH3 is 1. The highest BCUT2D eigenvalue weighted by molar-refractivity contribution is 6.34. The monoisotopic (exact) mass is 373 g/mol. The highest BCUT2D eigenvalue weighted by Gasteiger charge is 2.25. The molecule has 1 aliphatic carbocycles. The van der Waals surface area contributed by atoms with Crippen LogP contribution < -0.4 is 9.47 Å². The zero-order valence-corrected chi connectivity index (χ0v) is 15.6. The van der Waals surface area contributed by atoms with Gasteiger partial charge < -0.3 is 14.6 Å². The molecule has 2 aliphatic rings. The number of carboxylic acids is 1. The molecule has 1 heterocycles. The Kier molecular flexibility index (Phi) is 4.35. The minimum atomic E-state index is -0.963. The lowest BCUT2D eigenvalue weighted by molar-refractivity contribution is 0.0697. The Balaban J connectivity index is 1.62. The van der Waals surface area contributed by atoms with Gasteiger partial charge in [-0.15, -0.1) is 0 Å². The lowest BCUT2D eigenvalue weighted by Gasteiger charge is -2.22. The minimum Gasteiger partial charge on any atom is -0.493 e. The van der Waals surface area contributed by atoms with E-state index in [0.29, 0.717) is 18.1 Å². The molecular weight excluding hydrogens is 354 g/mol. The van der Waals surface area contributed by atoms with Gasteiger partial charge in [0.2, 0.25) is 0 Å². The van der Waals surface area contributed by atoms with Crippen LogP contribution in [0.4, 0.5) is 0 Å². The molecule has 0 bridgehead atoms. The molecule has 28 heavy (non-hydrogen) atoms. The summed E-state index contributed by atoms with van der Waals surface area (Å²) >= 11 is 0. The Bertz CT molecular complexity index is 1090. The summed E-state index contributed by atoms with van der Waals surface area (Å²) in [4.78, 5) is 11.0. The van der Waals surface area contributed by atoms with Crippen molar-refractivity contribution in [3.05, 3.63) is 82.0 Å². The summed E-state index contributed by atoms with van der Waals surface area (Å²) in [5.74, 6) is 0.465. The number of rotatable bonds is 4. The fraction of sp³-hybridized carbons (Fsp3) is 0.130. The maximum absolute atomic E-state index is 11.0. The largest absolute Gasteiger partial charge is 0.493 e. The molecule has 2 aromatic carbocycles. The number of allylic oxidation sites excluding steroid dienone is 3. The number of fused-ring (bicyclic) bond motifs is 1. The summed E-state index contributed by atoms with van der Waals surface area (Å²) in [5.41, 5.74) is 6.00. The second kappa shape index (κ2) is 6.85. The molecule has 0 aromatic heterocycles. The van der Waals surface area contributed by atoms with Crippen LogP contribution in [0.25, 0.3) is 11.6 Å². The Morgan fingerprint density at radius 2 is 1.82 bits per heavy atom. The van der Waals surface area contributed by atoms with E-state index in [0.717, 1.165) is 39.2 Å².